The van der Waals surface area contributed by atoms with E-state index < -0.39 is 0 Å². The fourth-order valence-corrected chi connectivity index (χ4v) is 1.92. The second kappa shape index (κ2) is 4.41. The second-order valence-electron chi connectivity index (χ2n) is 3.99. The van der Waals surface area contributed by atoms with Gasteiger partial charge in [-0.2, -0.15) is 0 Å². The topological polar surface area (TPSA) is 61.0 Å². The summed E-state index contributed by atoms with van der Waals surface area (Å²) in [6.07, 6.45) is 0. The fraction of sp³-hybridized carbons (Fsp3) is 0.231. The molecule has 88 valence electrons. The zero-order chi connectivity index (χ0) is 12.4. The zero-order valence-corrected chi connectivity index (χ0v) is 10.2. The summed E-state index contributed by atoms with van der Waals surface area (Å²) in [4.78, 5) is 0. The Morgan fingerprint density at radius 1 is 1.06 bits per heavy atom. The molecule has 0 bridgehead atoms. The number of nitrogens with two attached hydrogens (primary N) is 1. The predicted molar refractivity (Wildman–Crippen MR) is 67.9 cm³/mol. The molecule has 4 heteroatoms. The van der Waals surface area contributed by atoms with Crippen LogP contribution in [-0.2, 0) is 0 Å². The third kappa shape index (κ3) is 2.20. The van der Waals surface area contributed by atoms with E-state index in [9.17, 15) is 0 Å². The lowest BCUT2D eigenvalue weighted by Gasteiger charge is -2.10. The molecule has 0 aliphatic rings. The van der Waals surface area contributed by atoms with Gasteiger partial charge in [-0.3, -0.25) is 0 Å². The van der Waals surface area contributed by atoms with Crippen LogP contribution >= 0.6 is 0 Å². The van der Waals surface area contributed by atoms with Gasteiger partial charge in [0, 0.05) is 5.56 Å². The van der Waals surface area contributed by atoms with Crippen molar-refractivity contribution in [3.05, 3.63) is 35.4 Å². The number of anilines is 1. The molecule has 0 aliphatic heterocycles. The number of nitrogen functional groups attached to an aromatic ring is 1. The van der Waals surface area contributed by atoms with Crippen LogP contribution in [0.25, 0.3) is 11.3 Å². The average molecular weight is 229 g/mol. The molecule has 0 unspecified atom stereocenters. The van der Waals surface area contributed by atoms with Gasteiger partial charge in [0.25, 0.3) is 0 Å². The van der Waals surface area contributed by atoms with Crippen LogP contribution in [0.5, 0.6) is 5.75 Å². The van der Waals surface area contributed by atoms with Crippen LogP contribution in [0.2, 0.25) is 0 Å². The summed E-state index contributed by atoms with van der Waals surface area (Å²) in [6.45, 7) is 4.03. The molecule has 1 aromatic carbocycles. The van der Waals surface area contributed by atoms with Gasteiger partial charge >= 0.3 is 0 Å². The monoisotopic (exact) mass is 229 g/mol. The number of hydrogen-bond donors (Lipinski definition) is 1. The van der Waals surface area contributed by atoms with E-state index in [-0.39, 0.29) is 0 Å². The maximum absolute atomic E-state index is 5.52. The first-order valence-corrected chi connectivity index (χ1v) is 5.36. The molecule has 2 aromatic rings. The minimum Gasteiger partial charge on any atom is -0.496 e. The number of aryl methyl sites for hydroxylation is 2. The molecule has 0 radical (unpaired) electrons. The van der Waals surface area contributed by atoms with Gasteiger partial charge in [-0.05, 0) is 49.2 Å². The highest BCUT2D eigenvalue weighted by molar-refractivity contribution is 5.64. The molecule has 1 heterocycles. The van der Waals surface area contributed by atoms with Gasteiger partial charge in [-0.15, -0.1) is 10.2 Å². The van der Waals surface area contributed by atoms with Gasteiger partial charge in [0.15, 0.2) is 0 Å². The molecule has 2 N–H and O–H groups in total. The van der Waals surface area contributed by atoms with Gasteiger partial charge in [-0.25, -0.2) is 0 Å². The number of hydrogen-bond acceptors (Lipinski definition) is 4. The number of benzene rings is 1. The Bertz CT molecular complexity index is 512. The van der Waals surface area contributed by atoms with Gasteiger partial charge < -0.3 is 10.5 Å². The second-order valence-corrected chi connectivity index (χ2v) is 3.99. The van der Waals surface area contributed by atoms with E-state index in [1.165, 1.54) is 0 Å². The zero-order valence-electron chi connectivity index (χ0n) is 10.2. The summed E-state index contributed by atoms with van der Waals surface area (Å²) in [7, 11) is 1.68. The maximum atomic E-state index is 5.52. The standard InChI is InChI=1S/C13H15N3O/c1-8-6-10(7-9(2)13(8)17-3)11-4-5-12(14)16-15-11/h4-7H,1-3H3,(H2,14,16). The smallest absolute Gasteiger partial charge is 0.146 e. The van der Waals surface area contributed by atoms with Crippen molar-refractivity contribution in [2.75, 3.05) is 12.8 Å². The Kier molecular flexibility index (Phi) is 2.95. The third-order valence-corrected chi connectivity index (χ3v) is 2.65. The van der Waals surface area contributed by atoms with Crippen molar-refractivity contribution in [1.29, 1.82) is 0 Å². The minimum absolute atomic E-state index is 0.427. The highest BCUT2D eigenvalue weighted by atomic mass is 16.5. The summed E-state index contributed by atoms with van der Waals surface area (Å²) in [5, 5.41) is 7.92. The Morgan fingerprint density at radius 2 is 1.71 bits per heavy atom. The molecule has 0 saturated carbocycles. The summed E-state index contributed by atoms with van der Waals surface area (Å²) in [6, 6.07) is 7.68. The maximum Gasteiger partial charge on any atom is 0.146 e. The highest BCUT2D eigenvalue weighted by Gasteiger charge is 2.07. The van der Waals surface area contributed by atoms with Gasteiger partial charge in [0.2, 0.25) is 0 Å². The van der Waals surface area contributed by atoms with E-state index in [4.69, 9.17) is 10.5 Å². The molecule has 0 amide bonds. The normalized spacial score (nSPS) is 10.3. The van der Waals surface area contributed by atoms with Crippen molar-refractivity contribution in [3.8, 4) is 17.0 Å². The van der Waals surface area contributed by atoms with Crippen molar-refractivity contribution in [3.63, 3.8) is 0 Å². The van der Waals surface area contributed by atoms with E-state index in [2.05, 4.69) is 10.2 Å². The Hall–Kier alpha value is -2.10. The minimum atomic E-state index is 0.427. The lowest BCUT2D eigenvalue weighted by atomic mass is 10.0. The summed E-state index contributed by atoms with van der Waals surface area (Å²) < 4.78 is 5.33. The van der Waals surface area contributed by atoms with E-state index in [1.807, 2.05) is 32.0 Å². The van der Waals surface area contributed by atoms with E-state index >= 15 is 0 Å². The highest BCUT2D eigenvalue weighted by Crippen LogP contribution is 2.28. The lowest BCUT2D eigenvalue weighted by molar-refractivity contribution is 0.408. The lowest BCUT2D eigenvalue weighted by Crippen LogP contribution is -1.96. The quantitative estimate of drug-likeness (QED) is 0.858. The van der Waals surface area contributed by atoms with Crippen LogP contribution in [0.1, 0.15) is 11.1 Å². The van der Waals surface area contributed by atoms with E-state index in [1.54, 1.807) is 13.2 Å². The molecule has 0 fully saturated rings. The molecule has 4 nitrogen and oxygen atoms in total. The molecular weight excluding hydrogens is 214 g/mol. The average Bonchev–Trinajstić information content (AvgIpc) is 2.29. The summed E-state index contributed by atoms with van der Waals surface area (Å²) in [5.74, 6) is 1.34. The fourth-order valence-electron chi connectivity index (χ4n) is 1.92. The third-order valence-electron chi connectivity index (χ3n) is 2.65. The Labute approximate surface area is 100 Å². The largest absolute Gasteiger partial charge is 0.496 e. The van der Waals surface area contributed by atoms with E-state index in [0.29, 0.717) is 5.82 Å². The molecule has 17 heavy (non-hydrogen) atoms. The van der Waals surface area contributed by atoms with Crippen molar-refractivity contribution in [1.82, 2.24) is 10.2 Å². The number of aromatic nitrogens is 2. The van der Waals surface area contributed by atoms with Crippen molar-refractivity contribution in [2.24, 2.45) is 0 Å². The number of rotatable bonds is 2. The van der Waals surface area contributed by atoms with Crippen LogP contribution < -0.4 is 10.5 Å². The van der Waals surface area contributed by atoms with Crippen molar-refractivity contribution in [2.45, 2.75) is 13.8 Å². The predicted octanol–water partition coefficient (Wildman–Crippen LogP) is 2.35. The number of ether oxygens (including phenoxy) is 1. The van der Waals surface area contributed by atoms with Crippen LogP contribution in [-0.4, -0.2) is 17.3 Å². The van der Waals surface area contributed by atoms with E-state index in [0.717, 1.165) is 28.1 Å². The molecule has 0 aliphatic carbocycles. The molecule has 0 saturated heterocycles. The first kappa shape index (κ1) is 11.4. The van der Waals surface area contributed by atoms with Crippen LogP contribution in [0.3, 0.4) is 0 Å². The molecular formula is C13H15N3O. The molecule has 0 spiro atoms. The van der Waals surface area contributed by atoms with Crippen LogP contribution in [0.4, 0.5) is 5.82 Å². The summed E-state index contributed by atoms with van der Waals surface area (Å²) in [5.41, 5.74) is 9.52. The Morgan fingerprint density at radius 3 is 2.18 bits per heavy atom. The van der Waals surface area contributed by atoms with Crippen LogP contribution in [0, 0.1) is 13.8 Å². The first-order chi connectivity index (χ1) is 8.11. The van der Waals surface area contributed by atoms with Gasteiger partial charge in [0.1, 0.15) is 11.6 Å². The first-order valence-electron chi connectivity index (χ1n) is 5.36. The number of methoxy groups -OCH3 is 1. The molecule has 0 atom stereocenters. The molecule has 2 rings (SSSR count). The van der Waals surface area contributed by atoms with Crippen LogP contribution in [0.15, 0.2) is 24.3 Å². The van der Waals surface area contributed by atoms with Gasteiger partial charge in [-0.1, -0.05) is 0 Å². The van der Waals surface area contributed by atoms with Crippen molar-refractivity contribution >= 4 is 5.82 Å². The molecule has 1 aromatic heterocycles. The Balaban J connectivity index is 2.50. The number of nitrogens with zero attached hydrogens (tertiary/aromatic N) is 2. The SMILES string of the molecule is COc1c(C)cc(-c2ccc(N)nn2)cc1C. The summed E-state index contributed by atoms with van der Waals surface area (Å²) >= 11 is 0. The van der Waals surface area contributed by atoms with Gasteiger partial charge in [0.05, 0.1) is 12.8 Å². The van der Waals surface area contributed by atoms with Crippen molar-refractivity contribution < 1.29 is 4.74 Å².